The molecule has 1 nitrogen and oxygen atoms in total. The average molecular weight is 1020 g/mol. The van der Waals surface area contributed by atoms with Gasteiger partial charge in [0.25, 0.3) is 0 Å². The molecule has 3 heteroatoms. The maximum Gasteiger partial charge on any atom is 0.135 e. The highest BCUT2D eigenvalue weighted by Crippen LogP contribution is 2.46. The van der Waals surface area contributed by atoms with Crippen molar-refractivity contribution in [1.82, 2.24) is 0 Å². The van der Waals surface area contributed by atoms with E-state index in [9.17, 15) is 0 Å². The van der Waals surface area contributed by atoms with E-state index in [4.69, 9.17) is 4.74 Å². The molecule has 0 aromatic heterocycles. The fourth-order valence-electron chi connectivity index (χ4n) is 9.18. The number of benzene rings is 6. The maximum atomic E-state index is 7.81. The summed E-state index contributed by atoms with van der Waals surface area (Å²) < 4.78 is 7.81. The summed E-state index contributed by atoms with van der Waals surface area (Å²) in [7, 11) is -2.28. The molecule has 6 aromatic rings. The van der Waals surface area contributed by atoms with Gasteiger partial charge in [-0.1, -0.05) is 262 Å². The van der Waals surface area contributed by atoms with Crippen LogP contribution >= 0.6 is 15.8 Å². The third-order valence-electron chi connectivity index (χ3n) is 14.6. The van der Waals surface area contributed by atoms with Gasteiger partial charge in [0.15, 0.2) is 0 Å². The minimum absolute atomic E-state index is 0.0466. The fraction of sp³-hybridized carbons (Fsp3) is 0.486. The summed E-state index contributed by atoms with van der Waals surface area (Å²) in [4.78, 5) is 0. The van der Waals surface area contributed by atoms with Gasteiger partial charge in [0.1, 0.15) is 11.5 Å². The third kappa shape index (κ3) is 13.9. The van der Waals surface area contributed by atoms with Crippen molar-refractivity contribution in [3.8, 4) is 11.5 Å². The third-order valence-corrected chi connectivity index (χ3v) is 19.3. The molecule has 6 aromatic carbocycles. The van der Waals surface area contributed by atoms with E-state index >= 15 is 0 Å². The Hall–Kier alpha value is -4.02. The van der Waals surface area contributed by atoms with Crippen molar-refractivity contribution in [3.63, 3.8) is 0 Å². The highest BCUT2D eigenvalue weighted by molar-refractivity contribution is 7.80. The normalized spacial score (nSPS) is 13.6. The summed E-state index contributed by atoms with van der Waals surface area (Å²) in [5, 5.41) is 7.95. The van der Waals surface area contributed by atoms with Crippen molar-refractivity contribution < 1.29 is 4.74 Å². The van der Waals surface area contributed by atoms with Crippen LogP contribution < -0.4 is 36.6 Å². The summed E-state index contributed by atoms with van der Waals surface area (Å²) in [5.41, 5.74) is 13.0. The molecule has 0 atom stereocenters. The maximum absolute atomic E-state index is 7.81. The van der Waals surface area contributed by atoms with E-state index in [2.05, 4.69) is 289 Å². The lowest BCUT2D eigenvalue weighted by atomic mass is 9.81. The van der Waals surface area contributed by atoms with E-state index in [1.807, 2.05) is 0 Å². The van der Waals surface area contributed by atoms with Gasteiger partial charge in [-0.2, -0.15) is 0 Å². The predicted octanol–water partition coefficient (Wildman–Crippen LogP) is 18.0. The number of rotatable bonds is 8. The highest BCUT2D eigenvalue weighted by atomic mass is 31.1. The van der Waals surface area contributed by atoms with Gasteiger partial charge >= 0.3 is 0 Å². The van der Waals surface area contributed by atoms with Crippen LogP contribution in [-0.4, -0.2) is 0 Å². The molecule has 0 bridgehead atoms. The topological polar surface area (TPSA) is 9.23 Å². The molecule has 0 N–H and O–H groups in total. The average Bonchev–Trinajstić information content (AvgIpc) is 3.23. The van der Waals surface area contributed by atoms with Crippen molar-refractivity contribution >= 4 is 47.7 Å². The second-order valence-corrected chi connectivity index (χ2v) is 34.2. The monoisotopic (exact) mass is 1010 g/mol. The van der Waals surface area contributed by atoms with Crippen molar-refractivity contribution in [3.05, 3.63) is 165 Å². The van der Waals surface area contributed by atoms with E-state index < -0.39 is 15.8 Å². The van der Waals surface area contributed by atoms with Crippen LogP contribution in [0, 0.1) is 13.8 Å². The van der Waals surface area contributed by atoms with Crippen LogP contribution in [0.25, 0.3) is 0 Å². The van der Waals surface area contributed by atoms with E-state index in [0.717, 1.165) is 11.5 Å². The molecule has 392 valence electrons. The SMILES string of the molecule is Cc1ccc(Oc2ccc(C)cc2P(c2cc(C(C)(C)C)cc(C(C)(C)C)c2)c2cc(C(C)(C)C)cc(C(C)(C)C)c2)c(P(c2cc(C(C)(C)C)cc(C(C)(C)C)c2)c2cc(C(C)(C)C)cc(C(C)(C)C)c2)c1. The van der Waals surface area contributed by atoms with Gasteiger partial charge in [-0.25, -0.2) is 0 Å². The molecular weight excluding hydrogens is 919 g/mol. The van der Waals surface area contributed by atoms with Crippen LogP contribution in [0.2, 0.25) is 0 Å². The number of ether oxygens (including phenoxy) is 1. The van der Waals surface area contributed by atoms with Crippen LogP contribution in [-0.2, 0) is 43.3 Å². The molecule has 0 aliphatic carbocycles. The molecule has 0 aliphatic heterocycles. The molecule has 0 radical (unpaired) electrons. The van der Waals surface area contributed by atoms with Crippen molar-refractivity contribution in [2.75, 3.05) is 0 Å². The Labute approximate surface area is 449 Å². The van der Waals surface area contributed by atoms with Gasteiger partial charge in [-0.15, -0.1) is 0 Å². The lowest BCUT2D eigenvalue weighted by Gasteiger charge is -2.32. The minimum atomic E-state index is -1.14. The molecular formula is C70H96OP2. The first-order valence-corrected chi connectivity index (χ1v) is 29.8. The molecule has 0 aliphatic rings. The second-order valence-electron chi connectivity index (χ2n) is 29.8. The number of hydrogen-bond acceptors (Lipinski definition) is 1. The van der Waals surface area contributed by atoms with Crippen LogP contribution in [0.3, 0.4) is 0 Å². The zero-order chi connectivity index (χ0) is 55.0. The highest BCUT2D eigenvalue weighted by Gasteiger charge is 2.33. The van der Waals surface area contributed by atoms with Crippen LogP contribution in [0.5, 0.6) is 11.5 Å². The summed E-state index contributed by atoms with van der Waals surface area (Å²) in [6.07, 6.45) is 0. The Kier molecular flexibility index (Phi) is 16.1. The molecule has 0 fully saturated rings. The first-order valence-electron chi connectivity index (χ1n) is 27.2. The van der Waals surface area contributed by atoms with Crippen LogP contribution in [0.15, 0.2) is 109 Å². The fourth-order valence-corrected chi connectivity index (χ4v) is 14.4. The van der Waals surface area contributed by atoms with E-state index in [1.165, 1.54) is 87.5 Å². The molecule has 0 saturated heterocycles. The number of aryl methyl sites for hydroxylation is 2. The Morgan fingerprint density at radius 3 is 0.589 bits per heavy atom. The summed E-state index contributed by atoms with van der Waals surface area (Å²) >= 11 is 0. The molecule has 6 rings (SSSR count). The van der Waals surface area contributed by atoms with Gasteiger partial charge in [0.2, 0.25) is 0 Å². The first kappa shape index (κ1) is 58.2. The lowest BCUT2D eigenvalue weighted by Crippen LogP contribution is -2.29. The van der Waals surface area contributed by atoms with E-state index in [-0.39, 0.29) is 43.3 Å². The summed E-state index contributed by atoms with van der Waals surface area (Å²) in [6, 6.07) is 44.1. The van der Waals surface area contributed by atoms with Gasteiger partial charge in [-0.3, -0.25) is 0 Å². The van der Waals surface area contributed by atoms with Gasteiger partial charge < -0.3 is 4.74 Å². The standard InChI is InChI=1S/C70H96OP2/c1-45-27-29-59(61(31-45)72(55-37-47(63(3,4)5)33-48(38-55)64(6,7)8)56-39-49(65(9,10)11)34-50(40-56)66(12,13)14)71-60-30-28-46(2)32-62(60)73(57-41-51(67(15,16)17)35-52(42-57)68(18,19)20)58-43-53(69(21,22)23)36-54(44-58)70(24,25)26/h27-44H,1-26H3. The van der Waals surface area contributed by atoms with Crippen LogP contribution in [0.4, 0.5) is 0 Å². The minimum Gasteiger partial charge on any atom is -0.456 e. The van der Waals surface area contributed by atoms with Crippen LogP contribution in [0.1, 0.15) is 222 Å². The smallest absolute Gasteiger partial charge is 0.135 e. The zero-order valence-electron chi connectivity index (χ0n) is 50.7. The zero-order valence-corrected chi connectivity index (χ0v) is 52.5. The van der Waals surface area contributed by atoms with E-state index in [0.29, 0.717) is 0 Å². The quantitative estimate of drug-likeness (QED) is 0.138. The van der Waals surface area contributed by atoms with E-state index in [1.54, 1.807) is 0 Å². The summed E-state index contributed by atoms with van der Waals surface area (Å²) in [6.45, 7) is 61.2. The predicted molar refractivity (Wildman–Crippen MR) is 329 cm³/mol. The van der Waals surface area contributed by atoms with Crippen molar-refractivity contribution in [2.24, 2.45) is 0 Å². The summed E-state index contributed by atoms with van der Waals surface area (Å²) in [5.74, 6) is 1.85. The molecule has 0 heterocycles. The molecule has 0 spiro atoms. The number of hydrogen-bond donors (Lipinski definition) is 0. The Morgan fingerprint density at radius 1 is 0.247 bits per heavy atom. The largest absolute Gasteiger partial charge is 0.456 e. The Balaban J connectivity index is 1.76. The van der Waals surface area contributed by atoms with Crippen molar-refractivity contribution in [1.29, 1.82) is 0 Å². The van der Waals surface area contributed by atoms with Crippen molar-refractivity contribution in [2.45, 2.75) is 223 Å². The lowest BCUT2D eigenvalue weighted by molar-refractivity contribution is 0.490. The Morgan fingerprint density at radius 2 is 0.425 bits per heavy atom. The van der Waals surface area contributed by atoms with Gasteiger partial charge in [0, 0.05) is 10.6 Å². The first-order chi connectivity index (χ1) is 33.0. The Bertz CT molecular complexity index is 2480. The van der Waals surface area contributed by atoms with Gasteiger partial charge in [-0.05, 0) is 163 Å². The molecule has 73 heavy (non-hydrogen) atoms. The molecule has 0 amide bonds. The second kappa shape index (κ2) is 20.2. The molecule has 0 saturated carbocycles. The van der Waals surface area contributed by atoms with Gasteiger partial charge in [0.05, 0.1) is 0 Å². The molecule has 0 unspecified atom stereocenters.